The van der Waals surface area contributed by atoms with Crippen LogP contribution in [0.4, 0.5) is 4.79 Å². The number of hydrogen-bond donors (Lipinski definition) is 2. The second-order valence-corrected chi connectivity index (χ2v) is 8.32. The molecule has 128 valence electrons. The SMILES string of the molecule is C[C@H]1CCc2sc(-c3nnc(S[C@@H](C)C(=O)NC(N)=O)o3)cc2C1. The Kier molecular flexibility index (Phi) is 4.91. The first-order valence-corrected chi connectivity index (χ1v) is 9.34. The molecule has 0 saturated heterocycles. The minimum Gasteiger partial charge on any atom is -0.410 e. The van der Waals surface area contributed by atoms with E-state index in [1.807, 2.05) is 5.32 Å². The van der Waals surface area contributed by atoms with Crippen LogP contribution < -0.4 is 11.1 Å². The minimum absolute atomic E-state index is 0.289. The van der Waals surface area contributed by atoms with Crippen molar-refractivity contribution in [3.8, 4) is 10.8 Å². The van der Waals surface area contributed by atoms with Gasteiger partial charge in [-0.25, -0.2) is 4.79 Å². The summed E-state index contributed by atoms with van der Waals surface area (Å²) in [5.41, 5.74) is 6.30. The van der Waals surface area contributed by atoms with Crippen molar-refractivity contribution < 1.29 is 14.0 Å². The molecule has 0 radical (unpaired) electrons. The lowest BCUT2D eigenvalue weighted by atomic mass is 9.90. The van der Waals surface area contributed by atoms with Crippen LogP contribution in [-0.2, 0) is 17.6 Å². The molecule has 7 nitrogen and oxygen atoms in total. The lowest BCUT2D eigenvalue weighted by Gasteiger charge is -2.16. The molecule has 0 aromatic carbocycles. The van der Waals surface area contributed by atoms with Gasteiger partial charge < -0.3 is 10.2 Å². The maximum Gasteiger partial charge on any atom is 0.318 e. The molecule has 2 atom stereocenters. The van der Waals surface area contributed by atoms with Crippen LogP contribution in [0.25, 0.3) is 10.8 Å². The molecular weight excluding hydrogens is 348 g/mol. The molecule has 0 spiro atoms. The average Bonchev–Trinajstić information content (AvgIpc) is 3.12. The quantitative estimate of drug-likeness (QED) is 0.805. The number of imide groups is 1. The van der Waals surface area contributed by atoms with E-state index >= 15 is 0 Å². The molecule has 2 aromatic rings. The highest BCUT2D eigenvalue weighted by atomic mass is 32.2. The highest BCUT2D eigenvalue weighted by Crippen LogP contribution is 2.37. The number of aromatic nitrogens is 2. The number of carbonyl (C=O) groups is 2. The highest BCUT2D eigenvalue weighted by Gasteiger charge is 2.23. The van der Waals surface area contributed by atoms with Gasteiger partial charge in [0.15, 0.2) is 0 Å². The number of carbonyl (C=O) groups excluding carboxylic acids is 2. The van der Waals surface area contributed by atoms with Gasteiger partial charge >= 0.3 is 6.03 Å². The van der Waals surface area contributed by atoms with Crippen LogP contribution in [0.2, 0.25) is 0 Å². The number of hydrogen-bond acceptors (Lipinski definition) is 7. The van der Waals surface area contributed by atoms with E-state index in [1.54, 1.807) is 18.3 Å². The van der Waals surface area contributed by atoms with Crippen molar-refractivity contribution in [2.24, 2.45) is 11.7 Å². The van der Waals surface area contributed by atoms with Crippen LogP contribution in [0.1, 0.15) is 30.7 Å². The van der Waals surface area contributed by atoms with Crippen molar-refractivity contribution in [2.75, 3.05) is 0 Å². The predicted molar refractivity (Wildman–Crippen MR) is 91.8 cm³/mol. The van der Waals surface area contributed by atoms with E-state index in [-0.39, 0.29) is 5.22 Å². The van der Waals surface area contributed by atoms with E-state index in [0.717, 1.165) is 29.5 Å². The zero-order chi connectivity index (χ0) is 17.3. The number of nitrogens with one attached hydrogen (secondary N) is 1. The summed E-state index contributed by atoms with van der Waals surface area (Å²) in [6, 6.07) is 1.25. The Morgan fingerprint density at radius 2 is 2.29 bits per heavy atom. The predicted octanol–water partition coefficient (Wildman–Crippen LogP) is 2.60. The molecule has 0 saturated carbocycles. The zero-order valence-corrected chi connectivity index (χ0v) is 15.0. The molecule has 0 fully saturated rings. The van der Waals surface area contributed by atoms with E-state index in [9.17, 15) is 9.59 Å². The molecule has 24 heavy (non-hydrogen) atoms. The van der Waals surface area contributed by atoms with Crippen LogP contribution in [0.3, 0.4) is 0 Å². The van der Waals surface area contributed by atoms with Crippen LogP contribution >= 0.6 is 23.1 Å². The van der Waals surface area contributed by atoms with E-state index in [4.69, 9.17) is 10.2 Å². The van der Waals surface area contributed by atoms with Crippen LogP contribution in [0.15, 0.2) is 15.7 Å². The minimum atomic E-state index is -0.878. The zero-order valence-electron chi connectivity index (χ0n) is 13.4. The second kappa shape index (κ2) is 6.94. The monoisotopic (exact) mass is 366 g/mol. The Bertz CT molecular complexity index is 771. The maximum atomic E-state index is 11.7. The molecule has 0 aliphatic heterocycles. The van der Waals surface area contributed by atoms with E-state index in [2.05, 4.69) is 23.2 Å². The first-order valence-electron chi connectivity index (χ1n) is 7.64. The van der Waals surface area contributed by atoms with Crippen molar-refractivity contribution in [2.45, 2.75) is 43.6 Å². The molecule has 3 amide bonds. The highest BCUT2D eigenvalue weighted by molar-refractivity contribution is 8.00. The largest absolute Gasteiger partial charge is 0.410 e. The Morgan fingerprint density at radius 3 is 3.04 bits per heavy atom. The number of thioether (sulfide) groups is 1. The third-order valence-electron chi connectivity index (χ3n) is 3.84. The van der Waals surface area contributed by atoms with Crippen molar-refractivity contribution in [3.63, 3.8) is 0 Å². The summed E-state index contributed by atoms with van der Waals surface area (Å²) < 4.78 is 5.66. The third kappa shape index (κ3) is 3.78. The van der Waals surface area contributed by atoms with Crippen molar-refractivity contribution in [1.82, 2.24) is 15.5 Å². The number of nitrogens with two attached hydrogens (primary N) is 1. The number of urea groups is 1. The molecular formula is C15H18N4O3S2. The fraction of sp³-hybridized carbons (Fsp3) is 0.467. The molecule has 2 heterocycles. The Morgan fingerprint density at radius 1 is 1.50 bits per heavy atom. The van der Waals surface area contributed by atoms with Crippen LogP contribution in [0.5, 0.6) is 0 Å². The van der Waals surface area contributed by atoms with Gasteiger partial charge in [0.1, 0.15) is 0 Å². The van der Waals surface area contributed by atoms with Crippen molar-refractivity contribution >= 4 is 35.0 Å². The van der Waals surface area contributed by atoms with Gasteiger partial charge in [0.05, 0.1) is 10.1 Å². The number of primary amides is 1. The smallest absolute Gasteiger partial charge is 0.318 e. The first-order chi connectivity index (χ1) is 11.4. The Labute approximate surface area is 147 Å². The molecule has 3 N–H and O–H groups in total. The Balaban J connectivity index is 1.70. The normalized spacial score (nSPS) is 18.0. The van der Waals surface area contributed by atoms with E-state index in [1.165, 1.54) is 16.9 Å². The summed E-state index contributed by atoms with van der Waals surface area (Å²) in [7, 11) is 0. The van der Waals surface area contributed by atoms with Crippen LogP contribution in [0, 0.1) is 5.92 Å². The number of nitrogens with zero attached hydrogens (tertiary/aromatic N) is 2. The van der Waals surface area contributed by atoms with Gasteiger partial charge in [-0.1, -0.05) is 18.7 Å². The average molecular weight is 366 g/mol. The van der Waals surface area contributed by atoms with Gasteiger partial charge in [0.2, 0.25) is 5.91 Å². The fourth-order valence-corrected chi connectivity index (χ4v) is 4.41. The molecule has 9 heteroatoms. The maximum absolute atomic E-state index is 11.7. The molecule has 1 aliphatic carbocycles. The molecule has 0 unspecified atom stereocenters. The molecule has 2 aromatic heterocycles. The van der Waals surface area contributed by atoms with Gasteiger partial charge in [-0.3, -0.25) is 10.1 Å². The first kappa shape index (κ1) is 17.0. The standard InChI is InChI=1S/C15H18N4O3S2/c1-7-3-4-10-9(5-7)6-11(24-10)13-18-19-15(22-13)23-8(2)12(20)17-14(16)21/h6-8H,3-5H2,1-2H3,(H3,16,17,20,21)/t7-,8-/m0/s1. The Hall–Kier alpha value is -1.87. The fourth-order valence-electron chi connectivity index (χ4n) is 2.60. The summed E-state index contributed by atoms with van der Waals surface area (Å²) >= 11 is 2.78. The summed E-state index contributed by atoms with van der Waals surface area (Å²) in [4.78, 5) is 24.7. The van der Waals surface area contributed by atoms with E-state index < -0.39 is 17.2 Å². The summed E-state index contributed by atoms with van der Waals surface area (Å²) in [6.45, 7) is 3.90. The van der Waals surface area contributed by atoms with Gasteiger partial charge in [-0.15, -0.1) is 21.5 Å². The summed E-state index contributed by atoms with van der Waals surface area (Å²) in [6.07, 6.45) is 3.40. The second-order valence-electron chi connectivity index (χ2n) is 5.89. The van der Waals surface area contributed by atoms with Crippen molar-refractivity contribution in [3.05, 3.63) is 16.5 Å². The van der Waals surface area contributed by atoms with Crippen molar-refractivity contribution in [1.29, 1.82) is 0 Å². The topological polar surface area (TPSA) is 111 Å². The van der Waals surface area contributed by atoms with Gasteiger partial charge in [0, 0.05) is 4.88 Å². The van der Waals surface area contributed by atoms with E-state index in [0.29, 0.717) is 11.8 Å². The lowest BCUT2D eigenvalue weighted by Crippen LogP contribution is -2.39. The molecule has 0 bridgehead atoms. The lowest BCUT2D eigenvalue weighted by molar-refractivity contribution is -0.119. The number of aryl methyl sites for hydroxylation is 1. The summed E-state index contributed by atoms with van der Waals surface area (Å²) in [5, 5.41) is 9.80. The molecule has 3 rings (SSSR count). The molecule has 1 aliphatic rings. The number of thiophene rings is 1. The van der Waals surface area contributed by atoms with Crippen LogP contribution in [-0.4, -0.2) is 27.4 Å². The number of rotatable bonds is 4. The number of fused-ring (bicyclic) bond motifs is 1. The van der Waals surface area contributed by atoms with Gasteiger partial charge in [-0.2, -0.15) is 0 Å². The van der Waals surface area contributed by atoms with Gasteiger partial charge in [-0.05, 0) is 43.7 Å². The number of amides is 3. The summed E-state index contributed by atoms with van der Waals surface area (Å²) in [5.74, 6) is 0.679. The van der Waals surface area contributed by atoms with Gasteiger partial charge in [0.25, 0.3) is 11.1 Å². The third-order valence-corrected chi connectivity index (χ3v) is 6.00.